The van der Waals surface area contributed by atoms with E-state index in [4.69, 9.17) is 10.3 Å². The number of anilines is 1. The molecule has 0 fully saturated rings. The van der Waals surface area contributed by atoms with Crippen LogP contribution in [0, 0.1) is 0 Å². The fourth-order valence-electron chi connectivity index (χ4n) is 1.92. The third kappa shape index (κ3) is 2.33. The maximum absolute atomic E-state index is 5.58. The van der Waals surface area contributed by atoms with Crippen LogP contribution in [0.5, 0.6) is 0 Å². The van der Waals surface area contributed by atoms with Gasteiger partial charge in [-0.2, -0.15) is 0 Å². The molecule has 0 unspecified atom stereocenters. The van der Waals surface area contributed by atoms with Gasteiger partial charge in [0.05, 0.1) is 0 Å². The summed E-state index contributed by atoms with van der Waals surface area (Å²) in [5, 5.41) is 4.00. The fourth-order valence-corrected chi connectivity index (χ4v) is 1.92. The van der Waals surface area contributed by atoms with Crippen molar-refractivity contribution in [2.75, 3.05) is 5.73 Å². The molecule has 0 atom stereocenters. The Labute approximate surface area is 102 Å². The van der Waals surface area contributed by atoms with Crippen LogP contribution in [0.4, 0.5) is 5.88 Å². The molecule has 0 aliphatic rings. The minimum Gasteiger partial charge on any atom is -0.368 e. The van der Waals surface area contributed by atoms with Crippen LogP contribution in [0.25, 0.3) is 11.3 Å². The molecule has 2 rings (SSSR count). The van der Waals surface area contributed by atoms with Gasteiger partial charge >= 0.3 is 0 Å². The Balaban J connectivity index is 2.53. The van der Waals surface area contributed by atoms with Gasteiger partial charge in [0.2, 0.25) is 5.88 Å². The second-order valence-electron chi connectivity index (χ2n) is 4.54. The number of hydrogen-bond acceptors (Lipinski definition) is 3. The highest BCUT2D eigenvalue weighted by Gasteiger charge is 2.11. The van der Waals surface area contributed by atoms with Gasteiger partial charge in [-0.3, -0.25) is 0 Å². The average Bonchev–Trinajstić information content (AvgIpc) is 2.74. The molecule has 90 valence electrons. The quantitative estimate of drug-likeness (QED) is 0.876. The molecule has 1 heterocycles. The lowest BCUT2D eigenvalue weighted by molar-refractivity contribution is 0.439. The van der Waals surface area contributed by atoms with Crippen molar-refractivity contribution in [3.05, 3.63) is 35.4 Å². The molecular formula is C14H18N2O. The van der Waals surface area contributed by atoms with Crippen LogP contribution in [-0.4, -0.2) is 5.16 Å². The maximum atomic E-state index is 5.58. The monoisotopic (exact) mass is 230 g/mol. The summed E-state index contributed by atoms with van der Waals surface area (Å²) in [4.78, 5) is 0. The van der Waals surface area contributed by atoms with Crippen molar-refractivity contribution in [1.29, 1.82) is 0 Å². The van der Waals surface area contributed by atoms with E-state index >= 15 is 0 Å². The van der Waals surface area contributed by atoms with Gasteiger partial charge in [0.15, 0.2) is 0 Å². The Morgan fingerprint density at radius 2 is 2.06 bits per heavy atom. The van der Waals surface area contributed by atoms with Gasteiger partial charge in [-0.05, 0) is 29.5 Å². The number of aromatic nitrogens is 1. The van der Waals surface area contributed by atoms with Crippen LogP contribution in [0.15, 0.2) is 28.8 Å². The molecule has 0 amide bonds. The summed E-state index contributed by atoms with van der Waals surface area (Å²) in [7, 11) is 0. The summed E-state index contributed by atoms with van der Waals surface area (Å²) >= 11 is 0. The SMILES string of the molecule is CCc1ccc(C(C)C)cc1-c1cc(N)on1. The van der Waals surface area contributed by atoms with Crippen molar-refractivity contribution in [2.24, 2.45) is 0 Å². The molecule has 17 heavy (non-hydrogen) atoms. The average molecular weight is 230 g/mol. The van der Waals surface area contributed by atoms with Gasteiger partial charge in [0.1, 0.15) is 5.69 Å². The number of aryl methyl sites for hydroxylation is 1. The van der Waals surface area contributed by atoms with Gasteiger partial charge in [0.25, 0.3) is 0 Å². The van der Waals surface area contributed by atoms with Crippen LogP contribution < -0.4 is 5.73 Å². The minimum absolute atomic E-state index is 0.358. The zero-order valence-electron chi connectivity index (χ0n) is 10.5. The first-order valence-electron chi connectivity index (χ1n) is 5.97. The molecule has 1 aromatic heterocycles. The molecule has 2 aromatic rings. The number of nitrogen functional groups attached to an aromatic ring is 1. The fraction of sp³-hybridized carbons (Fsp3) is 0.357. The van der Waals surface area contributed by atoms with E-state index in [1.807, 2.05) is 0 Å². The van der Waals surface area contributed by atoms with E-state index in [2.05, 4.69) is 44.1 Å². The first-order valence-corrected chi connectivity index (χ1v) is 5.97. The molecule has 0 saturated heterocycles. The van der Waals surface area contributed by atoms with Gasteiger partial charge in [-0.1, -0.05) is 38.1 Å². The lowest BCUT2D eigenvalue weighted by Gasteiger charge is -2.10. The zero-order valence-corrected chi connectivity index (χ0v) is 10.5. The lowest BCUT2D eigenvalue weighted by atomic mass is 9.95. The van der Waals surface area contributed by atoms with E-state index < -0.39 is 0 Å². The van der Waals surface area contributed by atoms with Crippen LogP contribution >= 0.6 is 0 Å². The van der Waals surface area contributed by atoms with Gasteiger partial charge in [-0.25, -0.2) is 0 Å². The second-order valence-corrected chi connectivity index (χ2v) is 4.54. The minimum atomic E-state index is 0.358. The molecule has 0 bridgehead atoms. The zero-order chi connectivity index (χ0) is 12.4. The van der Waals surface area contributed by atoms with Crippen molar-refractivity contribution < 1.29 is 4.52 Å². The third-order valence-corrected chi connectivity index (χ3v) is 2.99. The van der Waals surface area contributed by atoms with Crippen LogP contribution in [0.1, 0.15) is 37.8 Å². The van der Waals surface area contributed by atoms with Crippen molar-refractivity contribution in [2.45, 2.75) is 33.1 Å². The molecule has 3 heteroatoms. The summed E-state index contributed by atoms with van der Waals surface area (Å²) in [6.45, 7) is 6.50. The summed E-state index contributed by atoms with van der Waals surface area (Å²) in [5.74, 6) is 0.862. The number of nitrogens with two attached hydrogens (primary N) is 1. The highest BCUT2D eigenvalue weighted by Crippen LogP contribution is 2.28. The van der Waals surface area contributed by atoms with Crippen molar-refractivity contribution >= 4 is 5.88 Å². The maximum Gasteiger partial charge on any atom is 0.222 e. The van der Waals surface area contributed by atoms with Crippen LogP contribution in [0.3, 0.4) is 0 Å². The Bertz CT molecular complexity index is 515. The molecule has 0 radical (unpaired) electrons. The largest absolute Gasteiger partial charge is 0.368 e. The Morgan fingerprint density at radius 1 is 1.29 bits per heavy atom. The molecule has 2 N–H and O–H groups in total. The van der Waals surface area contributed by atoms with E-state index in [9.17, 15) is 0 Å². The lowest BCUT2D eigenvalue weighted by Crippen LogP contribution is -1.93. The molecule has 0 spiro atoms. The standard InChI is InChI=1S/C14H18N2O/c1-4-10-5-6-11(9(2)3)7-12(10)13-8-14(15)17-16-13/h5-9H,4,15H2,1-3H3. The van der Waals surface area contributed by atoms with E-state index in [-0.39, 0.29) is 0 Å². The first kappa shape index (κ1) is 11.7. The highest BCUT2D eigenvalue weighted by atomic mass is 16.5. The highest BCUT2D eigenvalue weighted by molar-refractivity contribution is 5.66. The van der Waals surface area contributed by atoms with E-state index in [0.717, 1.165) is 17.7 Å². The topological polar surface area (TPSA) is 52.0 Å². The number of nitrogens with zero attached hydrogens (tertiary/aromatic N) is 1. The Morgan fingerprint density at radius 3 is 2.59 bits per heavy atom. The van der Waals surface area contributed by atoms with E-state index in [1.54, 1.807) is 6.07 Å². The van der Waals surface area contributed by atoms with Crippen molar-refractivity contribution in [3.8, 4) is 11.3 Å². The van der Waals surface area contributed by atoms with Gasteiger partial charge < -0.3 is 10.3 Å². The van der Waals surface area contributed by atoms with Crippen LogP contribution in [0.2, 0.25) is 0 Å². The Hall–Kier alpha value is -1.77. The normalized spacial score (nSPS) is 11.1. The van der Waals surface area contributed by atoms with E-state index in [1.165, 1.54) is 11.1 Å². The Kier molecular flexibility index (Phi) is 3.18. The molecule has 0 aliphatic heterocycles. The molecule has 3 nitrogen and oxygen atoms in total. The van der Waals surface area contributed by atoms with Gasteiger partial charge in [0, 0.05) is 11.6 Å². The number of hydrogen-bond donors (Lipinski definition) is 1. The third-order valence-electron chi connectivity index (χ3n) is 2.99. The predicted octanol–water partition coefficient (Wildman–Crippen LogP) is 3.61. The summed E-state index contributed by atoms with van der Waals surface area (Å²) in [6, 6.07) is 8.30. The molecule has 0 aliphatic carbocycles. The second kappa shape index (κ2) is 4.62. The first-order chi connectivity index (χ1) is 8.11. The number of rotatable bonds is 3. The molecule has 1 aromatic carbocycles. The summed E-state index contributed by atoms with van der Waals surface area (Å²) in [6.07, 6.45) is 0.973. The van der Waals surface area contributed by atoms with Crippen LogP contribution in [-0.2, 0) is 6.42 Å². The van der Waals surface area contributed by atoms with Gasteiger partial charge in [-0.15, -0.1) is 0 Å². The predicted molar refractivity (Wildman–Crippen MR) is 69.8 cm³/mol. The van der Waals surface area contributed by atoms with Crippen molar-refractivity contribution in [3.63, 3.8) is 0 Å². The smallest absolute Gasteiger partial charge is 0.222 e. The summed E-state index contributed by atoms with van der Waals surface area (Å²) < 4.78 is 4.95. The van der Waals surface area contributed by atoms with Crippen molar-refractivity contribution in [1.82, 2.24) is 5.16 Å². The van der Waals surface area contributed by atoms with E-state index in [0.29, 0.717) is 11.8 Å². The molecule has 0 saturated carbocycles. The number of benzene rings is 1. The molecular weight excluding hydrogens is 212 g/mol. The summed E-state index contributed by atoms with van der Waals surface area (Å²) in [5.41, 5.74) is 10.1.